The van der Waals surface area contributed by atoms with E-state index in [2.05, 4.69) is 10.1 Å². The molecule has 0 radical (unpaired) electrons. The summed E-state index contributed by atoms with van der Waals surface area (Å²) in [6.45, 7) is 5.73. The number of carboxylic acid groups (broad SMARTS) is 1. The molecule has 0 aromatic carbocycles. The predicted molar refractivity (Wildman–Crippen MR) is 96.5 cm³/mol. The molecule has 26 heavy (non-hydrogen) atoms. The minimum atomic E-state index is -0.993. The molecule has 2 aromatic rings. The maximum atomic E-state index is 12.9. The largest absolute Gasteiger partial charge is 0.480 e. The van der Waals surface area contributed by atoms with Crippen LogP contribution < -0.4 is 5.56 Å². The van der Waals surface area contributed by atoms with Crippen LogP contribution in [-0.4, -0.2) is 49.2 Å². The molecule has 1 aliphatic heterocycles. The second-order valence-electron chi connectivity index (χ2n) is 6.44. The SMILES string of the molecule is Cc1nc(-c2c(C)c(C)nn(C)c2=O)sc1C(=O)N1CCCC1C(=O)O. The molecule has 0 aliphatic carbocycles. The highest BCUT2D eigenvalue weighted by Crippen LogP contribution is 2.31. The number of carbonyl (C=O) groups excluding carboxylic acids is 1. The van der Waals surface area contributed by atoms with Crippen LogP contribution >= 0.6 is 11.3 Å². The molecule has 8 nitrogen and oxygen atoms in total. The third kappa shape index (κ3) is 2.92. The topological polar surface area (TPSA) is 105 Å². The van der Waals surface area contributed by atoms with Crippen molar-refractivity contribution in [2.45, 2.75) is 39.7 Å². The van der Waals surface area contributed by atoms with Crippen LogP contribution in [0.3, 0.4) is 0 Å². The van der Waals surface area contributed by atoms with Gasteiger partial charge in [0.05, 0.1) is 17.0 Å². The van der Waals surface area contributed by atoms with E-state index in [0.29, 0.717) is 46.2 Å². The molecule has 1 unspecified atom stereocenters. The number of aliphatic carboxylic acids is 1. The van der Waals surface area contributed by atoms with Crippen LogP contribution in [0.15, 0.2) is 4.79 Å². The van der Waals surface area contributed by atoms with Crippen LogP contribution in [0, 0.1) is 20.8 Å². The second kappa shape index (κ2) is 6.64. The number of carbonyl (C=O) groups is 2. The number of aryl methyl sites for hydroxylation is 3. The van der Waals surface area contributed by atoms with E-state index in [9.17, 15) is 19.5 Å². The fraction of sp³-hybridized carbons (Fsp3) is 0.471. The number of thiazole rings is 1. The zero-order chi connectivity index (χ0) is 19.2. The Morgan fingerprint density at radius 2 is 1.92 bits per heavy atom. The standard InChI is InChI=1S/C17H20N4O4S/c1-8-9(2)19-20(4)15(22)12(8)14-18-10(3)13(26-14)16(23)21-7-5-6-11(21)17(24)25/h11H,5-7H2,1-4H3,(H,24,25). The fourth-order valence-corrected chi connectivity index (χ4v) is 4.32. The van der Waals surface area contributed by atoms with Crippen molar-refractivity contribution in [1.82, 2.24) is 19.7 Å². The van der Waals surface area contributed by atoms with Crippen LogP contribution in [-0.2, 0) is 11.8 Å². The number of likely N-dealkylation sites (tertiary alicyclic amines) is 1. The van der Waals surface area contributed by atoms with Gasteiger partial charge in [0.2, 0.25) is 0 Å². The summed E-state index contributed by atoms with van der Waals surface area (Å²) in [5.41, 5.74) is 2.11. The molecular weight excluding hydrogens is 356 g/mol. The number of aromatic nitrogens is 3. The summed E-state index contributed by atoms with van der Waals surface area (Å²) in [6, 6.07) is -0.801. The van der Waals surface area contributed by atoms with Crippen LogP contribution in [0.1, 0.15) is 39.5 Å². The second-order valence-corrected chi connectivity index (χ2v) is 7.44. The minimum absolute atomic E-state index is 0.273. The molecule has 1 atom stereocenters. The Morgan fingerprint density at radius 1 is 1.23 bits per heavy atom. The maximum absolute atomic E-state index is 12.9. The quantitative estimate of drug-likeness (QED) is 0.871. The third-order valence-corrected chi connectivity index (χ3v) is 5.89. The number of amides is 1. The van der Waals surface area contributed by atoms with Crippen LogP contribution in [0.25, 0.3) is 10.6 Å². The molecule has 1 fully saturated rings. The Hall–Kier alpha value is -2.55. The summed E-state index contributed by atoms with van der Waals surface area (Å²) in [4.78, 5) is 43.0. The summed E-state index contributed by atoms with van der Waals surface area (Å²) in [5.74, 6) is -1.33. The number of rotatable bonds is 3. The zero-order valence-corrected chi connectivity index (χ0v) is 15.9. The highest BCUT2D eigenvalue weighted by atomic mass is 32.1. The van der Waals surface area contributed by atoms with Gasteiger partial charge in [-0.1, -0.05) is 0 Å². The first-order valence-corrected chi connectivity index (χ1v) is 9.10. The molecule has 9 heteroatoms. The van der Waals surface area contributed by atoms with E-state index >= 15 is 0 Å². The fourth-order valence-electron chi connectivity index (χ4n) is 3.20. The van der Waals surface area contributed by atoms with Gasteiger partial charge in [0.1, 0.15) is 15.9 Å². The highest BCUT2D eigenvalue weighted by molar-refractivity contribution is 7.17. The van der Waals surface area contributed by atoms with E-state index in [-0.39, 0.29) is 11.5 Å². The minimum Gasteiger partial charge on any atom is -0.480 e. The van der Waals surface area contributed by atoms with Crippen molar-refractivity contribution in [2.24, 2.45) is 7.05 Å². The Balaban J connectivity index is 2.05. The van der Waals surface area contributed by atoms with Crippen LogP contribution in [0.4, 0.5) is 0 Å². The summed E-state index contributed by atoms with van der Waals surface area (Å²) in [7, 11) is 1.58. The first-order valence-electron chi connectivity index (χ1n) is 8.28. The monoisotopic (exact) mass is 376 g/mol. The molecule has 1 amide bonds. The lowest BCUT2D eigenvalue weighted by atomic mass is 10.1. The van der Waals surface area contributed by atoms with E-state index < -0.39 is 12.0 Å². The van der Waals surface area contributed by atoms with Crippen molar-refractivity contribution >= 4 is 23.2 Å². The van der Waals surface area contributed by atoms with E-state index in [0.717, 1.165) is 16.9 Å². The van der Waals surface area contributed by atoms with Gasteiger partial charge in [-0.25, -0.2) is 14.5 Å². The van der Waals surface area contributed by atoms with Gasteiger partial charge in [0.15, 0.2) is 0 Å². The lowest BCUT2D eigenvalue weighted by Crippen LogP contribution is -2.40. The van der Waals surface area contributed by atoms with Gasteiger partial charge >= 0.3 is 5.97 Å². The Morgan fingerprint density at radius 3 is 2.58 bits per heavy atom. The normalized spacial score (nSPS) is 16.9. The first kappa shape index (κ1) is 18.2. The first-order chi connectivity index (χ1) is 12.2. The highest BCUT2D eigenvalue weighted by Gasteiger charge is 2.36. The molecule has 0 bridgehead atoms. The van der Waals surface area contributed by atoms with Gasteiger partial charge in [-0.15, -0.1) is 11.3 Å². The van der Waals surface area contributed by atoms with Gasteiger partial charge in [-0.05, 0) is 39.2 Å². The van der Waals surface area contributed by atoms with Crippen molar-refractivity contribution < 1.29 is 14.7 Å². The molecule has 1 N–H and O–H groups in total. The average Bonchev–Trinajstić information content (AvgIpc) is 3.20. The van der Waals surface area contributed by atoms with Crippen LogP contribution in [0.2, 0.25) is 0 Å². The van der Waals surface area contributed by atoms with Crippen molar-refractivity contribution in [1.29, 1.82) is 0 Å². The molecule has 0 saturated carbocycles. The van der Waals surface area contributed by atoms with Gasteiger partial charge in [0.25, 0.3) is 11.5 Å². The lowest BCUT2D eigenvalue weighted by molar-refractivity contribution is -0.141. The Labute approximate surface area is 154 Å². The van der Waals surface area contributed by atoms with Crippen LogP contribution in [0.5, 0.6) is 0 Å². The van der Waals surface area contributed by atoms with E-state index in [1.165, 1.54) is 9.58 Å². The number of carboxylic acids is 1. The molecule has 0 spiro atoms. The summed E-state index contributed by atoms with van der Waals surface area (Å²) >= 11 is 1.13. The van der Waals surface area contributed by atoms with Gasteiger partial charge in [-0.2, -0.15) is 5.10 Å². The van der Waals surface area contributed by atoms with Crippen molar-refractivity contribution in [2.75, 3.05) is 6.54 Å². The summed E-state index contributed by atoms with van der Waals surface area (Å²) in [6.07, 6.45) is 1.12. The van der Waals surface area contributed by atoms with Crippen molar-refractivity contribution in [3.05, 3.63) is 32.2 Å². The molecular formula is C17H20N4O4S. The van der Waals surface area contributed by atoms with Gasteiger partial charge < -0.3 is 10.0 Å². The smallest absolute Gasteiger partial charge is 0.326 e. The molecule has 2 aromatic heterocycles. The summed E-state index contributed by atoms with van der Waals surface area (Å²) < 4.78 is 1.26. The number of hydrogen-bond acceptors (Lipinski definition) is 6. The molecule has 1 saturated heterocycles. The zero-order valence-electron chi connectivity index (χ0n) is 15.1. The van der Waals surface area contributed by atoms with E-state index in [4.69, 9.17) is 0 Å². The van der Waals surface area contributed by atoms with Gasteiger partial charge in [0, 0.05) is 13.6 Å². The Bertz CT molecular complexity index is 962. The number of hydrogen-bond donors (Lipinski definition) is 1. The molecule has 138 valence electrons. The van der Waals surface area contributed by atoms with E-state index in [1.807, 2.05) is 6.92 Å². The molecule has 3 rings (SSSR count). The maximum Gasteiger partial charge on any atom is 0.326 e. The van der Waals surface area contributed by atoms with Crippen molar-refractivity contribution in [3.8, 4) is 10.6 Å². The van der Waals surface area contributed by atoms with E-state index in [1.54, 1.807) is 20.9 Å². The molecule has 3 heterocycles. The van der Waals surface area contributed by atoms with Crippen molar-refractivity contribution in [3.63, 3.8) is 0 Å². The van der Waals surface area contributed by atoms with Gasteiger partial charge in [-0.3, -0.25) is 9.59 Å². The number of nitrogens with zero attached hydrogens (tertiary/aromatic N) is 4. The summed E-state index contributed by atoms with van der Waals surface area (Å²) in [5, 5.41) is 13.9. The predicted octanol–water partition coefficient (Wildman–Crippen LogP) is 1.52. The molecule has 1 aliphatic rings. The lowest BCUT2D eigenvalue weighted by Gasteiger charge is -2.20. The Kier molecular flexibility index (Phi) is 4.66. The third-order valence-electron chi connectivity index (χ3n) is 4.73. The average molecular weight is 376 g/mol.